The van der Waals surface area contributed by atoms with Crippen LogP contribution in [0.15, 0.2) is 42.5 Å². The molecule has 0 saturated carbocycles. The van der Waals surface area contributed by atoms with Crippen LogP contribution < -0.4 is 5.32 Å². The minimum Gasteiger partial charge on any atom is -0.322 e. The molecule has 5 heteroatoms. The van der Waals surface area contributed by atoms with Gasteiger partial charge in [-0.3, -0.25) is 14.9 Å². The Hall–Kier alpha value is -2.69. The molecule has 2 rings (SSSR count). The second kappa shape index (κ2) is 5.52. The van der Waals surface area contributed by atoms with Crippen molar-refractivity contribution in [1.82, 2.24) is 0 Å². The van der Waals surface area contributed by atoms with Crippen LogP contribution in [-0.4, -0.2) is 10.8 Å². The van der Waals surface area contributed by atoms with E-state index >= 15 is 0 Å². The van der Waals surface area contributed by atoms with Gasteiger partial charge in [-0.15, -0.1) is 0 Å². The van der Waals surface area contributed by atoms with E-state index in [1.807, 2.05) is 19.1 Å². The molecule has 0 aliphatic carbocycles. The molecular weight excluding hydrogens is 256 g/mol. The Morgan fingerprint density at radius 3 is 2.30 bits per heavy atom. The van der Waals surface area contributed by atoms with Gasteiger partial charge in [-0.25, -0.2) is 0 Å². The van der Waals surface area contributed by atoms with Crippen LogP contribution in [0, 0.1) is 24.0 Å². The summed E-state index contributed by atoms with van der Waals surface area (Å²) in [5.41, 5.74) is 2.72. The monoisotopic (exact) mass is 270 g/mol. The molecule has 0 saturated heterocycles. The van der Waals surface area contributed by atoms with E-state index in [1.165, 1.54) is 12.1 Å². The standard InChI is InChI=1S/C15H14N2O3/c1-10-3-5-12(6-4-10)15(18)16-13-7-8-14(17(19)20)11(2)9-13/h3-9H,1-2H3,(H,16,18). The van der Waals surface area contributed by atoms with Gasteiger partial charge in [0.05, 0.1) is 4.92 Å². The van der Waals surface area contributed by atoms with Gasteiger partial charge in [-0.05, 0) is 38.1 Å². The van der Waals surface area contributed by atoms with E-state index in [4.69, 9.17) is 0 Å². The van der Waals surface area contributed by atoms with Gasteiger partial charge in [0.25, 0.3) is 11.6 Å². The van der Waals surface area contributed by atoms with Crippen LogP contribution in [0.25, 0.3) is 0 Å². The average Bonchev–Trinajstić information content (AvgIpc) is 2.39. The molecule has 0 fully saturated rings. The molecule has 1 N–H and O–H groups in total. The lowest BCUT2D eigenvalue weighted by atomic mass is 10.1. The quantitative estimate of drug-likeness (QED) is 0.685. The number of anilines is 1. The van der Waals surface area contributed by atoms with Crippen molar-refractivity contribution in [2.75, 3.05) is 5.32 Å². The van der Waals surface area contributed by atoms with Crippen molar-refractivity contribution in [1.29, 1.82) is 0 Å². The smallest absolute Gasteiger partial charge is 0.272 e. The number of nitro benzene ring substituents is 1. The number of carbonyl (C=O) groups is 1. The van der Waals surface area contributed by atoms with E-state index in [2.05, 4.69) is 5.32 Å². The number of rotatable bonds is 3. The van der Waals surface area contributed by atoms with Crippen molar-refractivity contribution >= 4 is 17.3 Å². The Balaban J connectivity index is 2.18. The lowest BCUT2D eigenvalue weighted by Crippen LogP contribution is -2.12. The molecule has 1 amide bonds. The maximum atomic E-state index is 12.0. The fourth-order valence-corrected chi connectivity index (χ4v) is 1.85. The number of aryl methyl sites for hydroxylation is 2. The van der Waals surface area contributed by atoms with Gasteiger partial charge in [0, 0.05) is 22.9 Å². The molecule has 0 heterocycles. The Bertz CT molecular complexity index is 663. The Morgan fingerprint density at radius 2 is 1.75 bits per heavy atom. The van der Waals surface area contributed by atoms with Gasteiger partial charge in [-0.1, -0.05) is 17.7 Å². The second-order valence-corrected chi connectivity index (χ2v) is 4.58. The molecular formula is C15H14N2O3. The predicted octanol–water partition coefficient (Wildman–Crippen LogP) is 3.46. The van der Waals surface area contributed by atoms with Crippen molar-refractivity contribution in [2.24, 2.45) is 0 Å². The second-order valence-electron chi connectivity index (χ2n) is 4.58. The molecule has 102 valence electrons. The first kappa shape index (κ1) is 13.7. The highest BCUT2D eigenvalue weighted by Gasteiger charge is 2.12. The molecule has 20 heavy (non-hydrogen) atoms. The summed E-state index contributed by atoms with van der Waals surface area (Å²) in [6.07, 6.45) is 0. The molecule has 2 aromatic carbocycles. The molecule has 0 unspecified atom stereocenters. The van der Waals surface area contributed by atoms with E-state index < -0.39 is 4.92 Å². The van der Waals surface area contributed by atoms with Gasteiger partial charge >= 0.3 is 0 Å². The highest BCUT2D eigenvalue weighted by atomic mass is 16.6. The van der Waals surface area contributed by atoms with Crippen molar-refractivity contribution < 1.29 is 9.72 Å². The first-order valence-corrected chi connectivity index (χ1v) is 6.10. The first-order chi connectivity index (χ1) is 9.47. The van der Waals surface area contributed by atoms with Crippen LogP contribution in [-0.2, 0) is 0 Å². The van der Waals surface area contributed by atoms with Crippen molar-refractivity contribution in [2.45, 2.75) is 13.8 Å². The first-order valence-electron chi connectivity index (χ1n) is 6.10. The summed E-state index contributed by atoms with van der Waals surface area (Å²) < 4.78 is 0. The lowest BCUT2D eigenvalue weighted by molar-refractivity contribution is -0.385. The summed E-state index contributed by atoms with van der Waals surface area (Å²) in [6, 6.07) is 11.7. The van der Waals surface area contributed by atoms with Crippen LogP contribution in [0.4, 0.5) is 11.4 Å². The molecule has 0 aliphatic rings. The number of nitrogens with one attached hydrogen (secondary N) is 1. The van der Waals surface area contributed by atoms with Gasteiger partial charge in [0.2, 0.25) is 0 Å². The third-order valence-electron chi connectivity index (χ3n) is 2.97. The molecule has 0 spiro atoms. The highest BCUT2D eigenvalue weighted by Crippen LogP contribution is 2.22. The number of nitro groups is 1. The van der Waals surface area contributed by atoms with Gasteiger partial charge in [-0.2, -0.15) is 0 Å². The van der Waals surface area contributed by atoms with E-state index in [0.29, 0.717) is 16.8 Å². The number of nitrogens with zero attached hydrogens (tertiary/aromatic N) is 1. The molecule has 0 aromatic heterocycles. The van der Waals surface area contributed by atoms with Crippen molar-refractivity contribution in [3.63, 3.8) is 0 Å². The minimum atomic E-state index is -0.444. The third-order valence-corrected chi connectivity index (χ3v) is 2.97. The summed E-state index contributed by atoms with van der Waals surface area (Å²) in [6.45, 7) is 3.58. The fraction of sp³-hybridized carbons (Fsp3) is 0.133. The van der Waals surface area contributed by atoms with Crippen molar-refractivity contribution in [3.8, 4) is 0 Å². The maximum Gasteiger partial charge on any atom is 0.272 e. The predicted molar refractivity (Wildman–Crippen MR) is 77.0 cm³/mol. The summed E-state index contributed by atoms with van der Waals surface area (Å²) in [5, 5.41) is 13.4. The van der Waals surface area contributed by atoms with Crippen LogP contribution in [0.1, 0.15) is 21.5 Å². The van der Waals surface area contributed by atoms with E-state index in [1.54, 1.807) is 25.1 Å². The molecule has 0 radical (unpaired) electrons. The Labute approximate surface area is 116 Å². The Kier molecular flexibility index (Phi) is 3.79. The van der Waals surface area contributed by atoms with Crippen LogP contribution in [0.3, 0.4) is 0 Å². The molecule has 0 bridgehead atoms. The third kappa shape index (κ3) is 3.00. The zero-order valence-corrected chi connectivity index (χ0v) is 11.2. The van der Waals surface area contributed by atoms with Crippen LogP contribution in [0.2, 0.25) is 0 Å². The zero-order chi connectivity index (χ0) is 14.7. The lowest BCUT2D eigenvalue weighted by Gasteiger charge is -2.06. The van der Waals surface area contributed by atoms with Crippen molar-refractivity contribution in [3.05, 3.63) is 69.3 Å². The average molecular weight is 270 g/mol. The minimum absolute atomic E-state index is 0.0401. The number of hydrogen-bond acceptors (Lipinski definition) is 3. The number of benzene rings is 2. The normalized spacial score (nSPS) is 10.1. The molecule has 2 aromatic rings. The van der Waals surface area contributed by atoms with Gasteiger partial charge in [0.15, 0.2) is 0 Å². The molecule has 0 aliphatic heterocycles. The maximum absolute atomic E-state index is 12.0. The number of carbonyl (C=O) groups excluding carboxylic acids is 1. The highest BCUT2D eigenvalue weighted by molar-refractivity contribution is 6.04. The summed E-state index contributed by atoms with van der Waals surface area (Å²) in [7, 11) is 0. The zero-order valence-electron chi connectivity index (χ0n) is 11.2. The van der Waals surface area contributed by atoms with Gasteiger partial charge < -0.3 is 5.32 Å². The molecule has 0 atom stereocenters. The molecule has 5 nitrogen and oxygen atoms in total. The van der Waals surface area contributed by atoms with E-state index in [-0.39, 0.29) is 11.6 Å². The van der Waals surface area contributed by atoms with E-state index in [9.17, 15) is 14.9 Å². The van der Waals surface area contributed by atoms with E-state index in [0.717, 1.165) is 5.56 Å². The summed E-state index contributed by atoms with van der Waals surface area (Å²) >= 11 is 0. The summed E-state index contributed by atoms with van der Waals surface area (Å²) in [5.74, 6) is -0.238. The topological polar surface area (TPSA) is 72.2 Å². The number of amides is 1. The largest absolute Gasteiger partial charge is 0.322 e. The summed E-state index contributed by atoms with van der Waals surface area (Å²) in [4.78, 5) is 22.3. The van der Waals surface area contributed by atoms with Gasteiger partial charge in [0.1, 0.15) is 0 Å². The fourth-order valence-electron chi connectivity index (χ4n) is 1.85. The Morgan fingerprint density at radius 1 is 1.10 bits per heavy atom. The SMILES string of the molecule is Cc1ccc(C(=O)Nc2ccc([N+](=O)[O-])c(C)c2)cc1. The van der Waals surface area contributed by atoms with Crippen LogP contribution >= 0.6 is 0 Å². The number of hydrogen-bond donors (Lipinski definition) is 1. The van der Waals surface area contributed by atoms with Crippen LogP contribution in [0.5, 0.6) is 0 Å².